The van der Waals surface area contributed by atoms with Crippen LogP contribution in [0, 0.1) is 6.92 Å². The average molecular weight is 413 g/mol. The van der Waals surface area contributed by atoms with Crippen molar-refractivity contribution in [3.8, 4) is 5.75 Å². The number of amides is 2. The number of hydrogen-bond acceptors (Lipinski definition) is 3. The molecule has 0 spiro atoms. The van der Waals surface area contributed by atoms with E-state index in [9.17, 15) is 9.59 Å². The van der Waals surface area contributed by atoms with Crippen molar-refractivity contribution in [1.29, 1.82) is 0 Å². The third-order valence-electron chi connectivity index (χ3n) is 5.18. The fraction of sp³-hybridized carbons (Fsp3) is 0.120. The van der Waals surface area contributed by atoms with E-state index in [1.54, 1.807) is 25.3 Å². The van der Waals surface area contributed by atoms with Gasteiger partial charge in [0.25, 0.3) is 5.91 Å². The van der Waals surface area contributed by atoms with E-state index in [0.717, 1.165) is 22.3 Å². The van der Waals surface area contributed by atoms with Crippen molar-refractivity contribution in [2.24, 2.45) is 0 Å². The maximum absolute atomic E-state index is 12.7. The third kappa shape index (κ3) is 4.43. The van der Waals surface area contributed by atoms with Crippen LogP contribution in [0.5, 0.6) is 5.75 Å². The van der Waals surface area contributed by atoms with Gasteiger partial charge in [-0.25, -0.2) is 0 Å². The van der Waals surface area contributed by atoms with Crippen molar-refractivity contribution in [1.82, 2.24) is 4.57 Å². The summed E-state index contributed by atoms with van der Waals surface area (Å²) in [5.41, 5.74) is 3.51. The van der Waals surface area contributed by atoms with Crippen molar-refractivity contribution in [3.05, 3.63) is 90.1 Å². The molecule has 2 N–H and O–H groups in total. The van der Waals surface area contributed by atoms with Crippen molar-refractivity contribution in [2.45, 2.75) is 13.5 Å². The van der Waals surface area contributed by atoms with Gasteiger partial charge in [-0.15, -0.1) is 0 Å². The van der Waals surface area contributed by atoms with Crippen LogP contribution in [0.25, 0.3) is 10.9 Å². The quantitative estimate of drug-likeness (QED) is 0.475. The summed E-state index contributed by atoms with van der Waals surface area (Å²) in [5, 5.41) is 6.81. The van der Waals surface area contributed by atoms with Crippen LogP contribution in [0.2, 0.25) is 0 Å². The fourth-order valence-corrected chi connectivity index (χ4v) is 3.52. The lowest BCUT2D eigenvalue weighted by Gasteiger charge is -2.13. The Hall–Kier alpha value is -4.06. The van der Waals surface area contributed by atoms with Crippen LogP contribution in [0.1, 0.15) is 15.9 Å². The number of benzene rings is 3. The number of para-hydroxylation sites is 1. The number of hydrogen-bond donors (Lipinski definition) is 2. The summed E-state index contributed by atoms with van der Waals surface area (Å²) in [6, 6.07) is 22.3. The van der Waals surface area contributed by atoms with E-state index in [0.29, 0.717) is 16.8 Å². The second-order valence-corrected chi connectivity index (χ2v) is 7.21. The van der Waals surface area contributed by atoms with Gasteiger partial charge in [-0.2, -0.15) is 0 Å². The molecular formula is C25H23N3O3. The predicted molar refractivity (Wildman–Crippen MR) is 123 cm³/mol. The van der Waals surface area contributed by atoms with E-state index in [1.165, 1.54) is 0 Å². The van der Waals surface area contributed by atoms with Crippen molar-refractivity contribution in [2.75, 3.05) is 17.7 Å². The van der Waals surface area contributed by atoms with Gasteiger partial charge >= 0.3 is 0 Å². The van der Waals surface area contributed by atoms with Crippen LogP contribution < -0.4 is 15.4 Å². The topological polar surface area (TPSA) is 72.4 Å². The Morgan fingerprint density at radius 3 is 2.52 bits per heavy atom. The molecule has 31 heavy (non-hydrogen) atoms. The van der Waals surface area contributed by atoms with Gasteiger partial charge in [-0.1, -0.05) is 24.3 Å². The van der Waals surface area contributed by atoms with Gasteiger partial charge in [-0.3, -0.25) is 9.59 Å². The van der Waals surface area contributed by atoms with Crippen LogP contribution in [-0.2, 0) is 11.3 Å². The molecule has 0 aliphatic carbocycles. The van der Waals surface area contributed by atoms with E-state index in [1.807, 2.05) is 72.3 Å². The van der Waals surface area contributed by atoms with E-state index in [4.69, 9.17) is 4.74 Å². The number of rotatable bonds is 6. The molecule has 2 amide bonds. The Labute approximate surface area is 180 Å². The van der Waals surface area contributed by atoms with Crippen molar-refractivity contribution in [3.63, 3.8) is 0 Å². The molecule has 0 radical (unpaired) electrons. The molecule has 156 valence electrons. The first kappa shape index (κ1) is 20.2. The van der Waals surface area contributed by atoms with Crippen molar-refractivity contribution >= 4 is 34.1 Å². The smallest absolute Gasteiger partial charge is 0.256 e. The number of anilines is 2. The number of fused-ring (bicyclic) bond motifs is 1. The van der Waals surface area contributed by atoms with Crippen molar-refractivity contribution < 1.29 is 14.3 Å². The van der Waals surface area contributed by atoms with Gasteiger partial charge in [-0.05, 0) is 61.0 Å². The summed E-state index contributed by atoms with van der Waals surface area (Å²) in [6.07, 6.45) is 1.88. The number of nitrogens with zero attached hydrogens (tertiary/aromatic N) is 1. The molecule has 4 rings (SSSR count). The maximum Gasteiger partial charge on any atom is 0.256 e. The zero-order valence-electron chi connectivity index (χ0n) is 17.4. The highest BCUT2D eigenvalue weighted by Gasteiger charge is 2.14. The molecule has 0 saturated carbocycles. The monoisotopic (exact) mass is 413 g/mol. The predicted octanol–water partition coefficient (Wildman–Crippen LogP) is 4.85. The zero-order chi connectivity index (χ0) is 21.8. The number of ether oxygens (including phenoxy) is 1. The lowest BCUT2D eigenvalue weighted by atomic mass is 10.1. The Balaban J connectivity index is 1.49. The largest absolute Gasteiger partial charge is 0.497 e. The first-order chi connectivity index (χ1) is 15.0. The Bertz CT molecular complexity index is 1250. The Kier molecular flexibility index (Phi) is 5.71. The second-order valence-electron chi connectivity index (χ2n) is 7.21. The molecule has 6 heteroatoms. The molecule has 0 bridgehead atoms. The number of methoxy groups -OCH3 is 1. The molecule has 0 unspecified atom stereocenters. The molecule has 6 nitrogen and oxygen atoms in total. The minimum atomic E-state index is -0.217. The van der Waals surface area contributed by atoms with E-state index in [2.05, 4.69) is 10.6 Å². The SMILES string of the molecule is COc1ccc2c(ccn2CC(=O)Nc2cccc(C(=O)Nc3ccccc3)c2C)c1. The zero-order valence-corrected chi connectivity index (χ0v) is 17.4. The lowest BCUT2D eigenvalue weighted by Crippen LogP contribution is -2.20. The molecule has 0 aliphatic heterocycles. The average Bonchev–Trinajstić information content (AvgIpc) is 3.17. The standard InChI is InChI=1S/C25H23N3O3/c1-17-21(25(30)26-19-7-4-3-5-8-19)9-6-10-22(17)27-24(29)16-28-14-13-18-15-20(31-2)11-12-23(18)28/h3-15H,16H2,1-2H3,(H,26,30)(H,27,29). The van der Waals surface area contributed by atoms with Crippen LogP contribution >= 0.6 is 0 Å². The first-order valence-electron chi connectivity index (χ1n) is 9.94. The molecule has 0 fully saturated rings. The number of carbonyl (C=O) groups is 2. The van der Waals surface area contributed by atoms with Gasteiger partial charge in [0.2, 0.25) is 5.91 Å². The van der Waals surface area contributed by atoms with Crippen LogP contribution in [0.3, 0.4) is 0 Å². The van der Waals surface area contributed by atoms with Gasteiger partial charge in [0.15, 0.2) is 0 Å². The summed E-state index contributed by atoms with van der Waals surface area (Å²) in [5.74, 6) is 0.387. The highest BCUT2D eigenvalue weighted by atomic mass is 16.5. The molecule has 0 aliphatic rings. The van der Waals surface area contributed by atoms with Crippen LogP contribution in [0.15, 0.2) is 79.0 Å². The summed E-state index contributed by atoms with van der Waals surface area (Å²) in [4.78, 5) is 25.4. The summed E-state index contributed by atoms with van der Waals surface area (Å²) >= 11 is 0. The normalized spacial score (nSPS) is 10.6. The maximum atomic E-state index is 12.7. The Morgan fingerprint density at radius 2 is 1.74 bits per heavy atom. The third-order valence-corrected chi connectivity index (χ3v) is 5.18. The van der Waals surface area contributed by atoms with Crippen LogP contribution in [-0.4, -0.2) is 23.5 Å². The van der Waals surface area contributed by atoms with E-state index >= 15 is 0 Å². The fourth-order valence-electron chi connectivity index (χ4n) is 3.52. The van der Waals surface area contributed by atoms with E-state index < -0.39 is 0 Å². The molecular weight excluding hydrogens is 390 g/mol. The van der Waals surface area contributed by atoms with Gasteiger partial charge < -0.3 is 19.9 Å². The molecule has 1 aromatic heterocycles. The lowest BCUT2D eigenvalue weighted by molar-refractivity contribution is -0.116. The number of aromatic nitrogens is 1. The molecule has 0 saturated heterocycles. The van der Waals surface area contributed by atoms with E-state index in [-0.39, 0.29) is 18.4 Å². The number of nitrogens with one attached hydrogen (secondary N) is 2. The van der Waals surface area contributed by atoms with Crippen LogP contribution in [0.4, 0.5) is 11.4 Å². The molecule has 3 aromatic carbocycles. The highest BCUT2D eigenvalue weighted by molar-refractivity contribution is 6.06. The number of carbonyl (C=O) groups excluding carboxylic acids is 2. The minimum Gasteiger partial charge on any atom is -0.497 e. The second kappa shape index (κ2) is 8.75. The molecule has 1 heterocycles. The van der Waals surface area contributed by atoms with Gasteiger partial charge in [0.05, 0.1) is 7.11 Å². The summed E-state index contributed by atoms with van der Waals surface area (Å²) < 4.78 is 7.13. The first-order valence-corrected chi connectivity index (χ1v) is 9.94. The molecule has 4 aromatic rings. The minimum absolute atomic E-state index is 0.162. The summed E-state index contributed by atoms with van der Waals surface area (Å²) in [6.45, 7) is 1.99. The Morgan fingerprint density at radius 1 is 0.935 bits per heavy atom. The molecule has 0 atom stereocenters. The van der Waals surface area contributed by atoms with Gasteiger partial charge in [0, 0.05) is 34.0 Å². The highest BCUT2D eigenvalue weighted by Crippen LogP contribution is 2.23. The summed E-state index contributed by atoms with van der Waals surface area (Å²) in [7, 11) is 1.63. The van der Waals surface area contributed by atoms with Gasteiger partial charge in [0.1, 0.15) is 12.3 Å².